The third kappa shape index (κ3) is 4.18. The molecule has 0 aliphatic heterocycles. The van der Waals surface area contributed by atoms with E-state index < -0.39 is 12.0 Å². The van der Waals surface area contributed by atoms with E-state index in [9.17, 15) is 14.4 Å². The molecule has 136 valence electrons. The Morgan fingerprint density at radius 3 is 2.44 bits per heavy atom. The molecule has 27 heavy (non-hydrogen) atoms. The predicted octanol–water partition coefficient (Wildman–Crippen LogP) is 2.36. The summed E-state index contributed by atoms with van der Waals surface area (Å²) in [5.74, 6) is -1.48. The van der Waals surface area contributed by atoms with Crippen LogP contribution >= 0.6 is 0 Å². The Morgan fingerprint density at radius 2 is 1.78 bits per heavy atom. The van der Waals surface area contributed by atoms with E-state index in [1.54, 1.807) is 24.3 Å². The number of nitrogens with one attached hydrogen (secondary N) is 1. The highest BCUT2D eigenvalue weighted by atomic mass is 16.4. The molecule has 1 aromatic heterocycles. The number of aromatic carboxylic acids is 1. The topological polar surface area (TPSA) is 127 Å². The number of carboxylic acid groups (broad SMARTS) is 1. The van der Waals surface area contributed by atoms with Crippen LogP contribution in [0.2, 0.25) is 0 Å². The predicted molar refractivity (Wildman–Crippen MR) is 98.4 cm³/mol. The highest BCUT2D eigenvalue weighted by molar-refractivity contribution is 5.94. The average Bonchev–Trinajstić information content (AvgIpc) is 3.09. The van der Waals surface area contributed by atoms with Crippen molar-refractivity contribution < 1.29 is 19.5 Å². The highest BCUT2D eigenvalue weighted by Crippen LogP contribution is 2.24. The van der Waals surface area contributed by atoms with Crippen LogP contribution in [0.3, 0.4) is 0 Å². The van der Waals surface area contributed by atoms with Crippen molar-refractivity contribution >= 4 is 23.6 Å². The van der Waals surface area contributed by atoms with E-state index in [2.05, 4.69) is 10.4 Å². The number of nitrogens with zero attached hydrogens (tertiary/aromatic N) is 2. The second-order valence-electron chi connectivity index (χ2n) is 5.76. The van der Waals surface area contributed by atoms with E-state index in [0.29, 0.717) is 11.3 Å². The maximum Gasteiger partial charge on any atom is 0.356 e. The number of benzene rings is 2. The highest BCUT2D eigenvalue weighted by Gasteiger charge is 2.18. The van der Waals surface area contributed by atoms with Gasteiger partial charge >= 0.3 is 12.0 Å². The number of anilines is 1. The molecule has 0 aliphatic rings. The number of hydrogen-bond donors (Lipinski definition) is 3. The number of rotatable bonds is 5. The lowest BCUT2D eigenvalue weighted by molar-refractivity contribution is -0.115. The van der Waals surface area contributed by atoms with Crippen LogP contribution in [0.1, 0.15) is 16.1 Å². The lowest BCUT2D eigenvalue weighted by Gasteiger charge is -2.08. The standard InChI is InChI=1S/C19H16N4O4/c20-19(27)23-16(11-15(22-23)18(25)26)13-7-4-8-14(10-13)21-17(24)9-12-5-2-1-3-6-12/h1-8,10-11H,9H2,(H2,20,27)(H,21,24)(H,25,26). The van der Waals surface area contributed by atoms with Crippen molar-refractivity contribution in [3.63, 3.8) is 0 Å². The Balaban J connectivity index is 1.85. The minimum absolute atomic E-state index is 0.201. The molecule has 0 aliphatic carbocycles. The van der Waals surface area contributed by atoms with Crippen molar-refractivity contribution in [2.24, 2.45) is 5.73 Å². The normalized spacial score (nSPS) is 10.4. The van der Waals surface area contributed by atoms with Gasteiger partial charge in [-0.15, -0.1) is 0 Å². The van der Waals surface area contributed by atoms with E-state index in [-0.39, 0.29) is 23.7 Å². The van der Waals surface area contributed by atoms with Crippen molar-refractivity contribution in [3.05, 3.63) is 71.9 Å². The van der Waals surface area contributed by atoms with E-state index in [1.165, 1.54) is 6.07 Å². The van der Waals surface area contributed by atoms with Gasteiger partial charge in [0.15, 0.2) is 5.69 Å². The number of carbonyl (C=O) groups excluding carboxylic acids is 2. The molecule has 0 fully saturated rings. The molecule has 8 heteroatoms. The number of primary amides is 1. The van der Waals surface area contributed by atoms with Crippen LogP contribution in [0.5, 0.6) is 0 Å². The number of aromatic nitrogens is 2. The van der Waals surface area contributed by atoms with Crippen LogP contribution in [-0.4, -0.2) is 32.8 Å². The number of hydrogen-bond acceptors (Lipinski definition) is 4. The molecule has 0 bridgehead atoms. The summed E-state index contributed by atoms with van der Waals surface area (Å²) >= 11 is 0. The molecule has 8 nitrogen and oxygen atoms in total. The van der Waals surface area contributed by atoms with Crippen LogP contribution in [0, 0.1) is 0 Å². The molecule has 0 spiro atoms. The van der Waals surface area contributed by atoms with E-state index in [4.69, 9.17) is 10.8 Å². The Labute approximate surface area is 154 Å². The monoisotopic (exact) mass is 364 g/mol. The van der Waals surface area contributed by atoms with Crippen molar-refractivity contribution in [2.75, 3.05) is 5.32 Å². The summed E-state index contributed by atoms with van der Waals surface area (Å²) < 4.78 is 0.814. The minimum atomic E-state index is -1.27. The van der Waals surface area contributed by atoms with Crippen LogP contribution in [-0.2, 0) is 11.2 Å². The molecule has 2 aromatic carbocycles. The molecular formula is C19H16N4O4. The first-order valence-electron chi connectivity index (χ1n) is 8.01. The van der Waals surface area contributed by atoms with Gasteiger partial charge in [0.05, 0.1) is 12.1 Å². The number of carbonyl (C=O) groups is 3. The van der Waals surface area contributed by atoms with Gasteiger partial charge in [-0.3, -0.25) is 4.79 Å². The Kier molecular flexibility index (Phi) is 4.98. The van der Waals surface area contributed by atoms with E-state index in [1.807, 2.05) is 30.3 Å². The van der Waals surface area contributed by atoms with Crippen LogP contribution < -0.4 is 11.1 Å². The molecule has 0 saturated carbocycles. The van der Waals surface area contributed by atoms with Gasteiger partial charge in [0.2, 0.25) is 5.91 Å². The van der Waals surface area contributed by atoms with Gasteiger partial charge in [-0.1, -0.05) is 42.5 Å². The van der Waals surface area contributed by atoms with Gasteiger partial charge in [-0.05, 0) is 23.8 Å². The Hall–Kier alpha value is -3.94. The molecule has 0 radical (unpaired) electrons. The SMILES string of the molecule is NC(=O)n1nc(C(=O)O)cc1-c1cccc(NC(=O)Cc2ccccc2)c1. The zero-order chi connectivity index (χ0) is 19.4. The fraction of sp³-hybridized carbons (Fsp3) is 0.0526. The fourth-order valence-electron chi connectivity index (χ4n) is 2.60. The first kappa shape index (κ1) is 17.9. The molecule has 1 heterocycles. The smallest absolute Gasteiger partial charge is 0.356 e. The number of nitrogens with two attached hydrogens (primary N) is 1. The summed E-state index contributed by atoms with van der Waals surface area (Å²) in [5, 5.41) is 15.5. The third-order valence-corrected chi connectivity index (χ3v) is 3.79. The van der Waals surface area contributed by atoms with Gasteiger partial charge in [-0.25, -0.2) is 9.59 Å². The summed E-state index contributed by atoms with van der Waals surface area (Å²) in [5.41, 5.74) is 7.06. The quantitative estimate of drug-likeness (QED) is 0.640. The Bertz CT molecular complexity index is 1010. The second-order valence-corrected chi connectivity index (χ2v) is 5.76. The summed E-state index contributed by atoms with van der Waals surface area (Å²) in [7, 11) is 0. The molecule has 3 aromatic rings. The minimum Gasteiger partial charge on any atom is -0.476 e. The van der Waals surface area contributed by atoms with Crippen molar-refractivity contribution in [1.82, 2.24) is 9.78 Å². The maximum absolute atomic E-state index is 12.2. The lowest BCUT2D eigenvalue weighted by atomic mass is 10.1. The van der Waals surface area contributed by atoms with Crippen molar-refractivity contribution in [3.8, 4) is 11.3 Å². The molecule has 0 unspecified atom stereocenters. The maximum atomic E-state index is 12.2. The van der Waals surface area contributed by atoms with Crippen molar-refractivity contribution in [2.45, 2.75) is 6.42 Å². The molecule has 3 rings (SSSR count). The van der Waals surface area contributed by atoms with Crippen LogP contribution in [0.15, 0.2) is 60.7 Å². The van der Waals surface area contributed by atoms with Gasteiger partial charge in [0.25, 0.3) is 0 Å². The van der Waals surface area contributed by atoms with Gasteiger partial charge in [0, 0.05) is 11.3 Å². The summed E-state index contributed by atoms with van der Waals surface area (Å²) in [6, 6.07) is 16.3. The Morgan fingerprint density at radius 1 is 1.04 bits per heavy atom. The lowest BCUT2D eigenvalue weighted by Crippen LogP contribution is -2.22. The fourth-order valence-corrected chi connectivity index (χ4v) is 2.60. The first-order chi connectivity index (χ1) is 12.9. The average molecular weight is 364 g/mol. The van der Waals surface area contributed by atoms with Crippen LogP contribution in [0.25, 0.3) is 11.3 Å². The molecular weight excluding hydrogens is 348 g/mol. The third-order valence-electron chi connectivity index (χ3n) is 3.79. The number of amides is 2. The van der Waals surface area contributed by atoms with Gasteiger partial charge in [0.1, 0.15) is 0 Å². The first-order valence-corrected chi connectivity index (χ1v) is 8.01. The van der Waals surface area contributed by atoms with Crippen LogP contribution in [0.4, 0.5) is 10.5 Å². The zero-order valence-corrected chi connectivity index (χ0v) is 14.1. The molecule has 2 amide bonds. The molecule has 4 N–H and O–H groups in total. The van der Waals surface area contributed by atoms with Crippen molar-refractivity contribution in [1.29, 1.82) is 0 Å². The van der Waals surface area contributed by atoms with Gasteiger partial charge < -0.3 is 16.2 Å². The molecule has 0 atom stereocenters. The van der Waals surface area contributed by atoms with E-state index in [0.717, 1.165) is 10.2 Å². The van der Waals surface area contributed by atoms with Gasteiger partial charge in [-0.2, -0.15) is 9.78 Å². The van der Waals surface area contributed by atoms with E-state index >= 15 is 0 Å². The summed E-state index contributed by atoms with van der Waals surface area (Å²) in [6.45, 7) is 0. The molecule has 0 saturated heterocycles. The summed E-state index contributed by atoms with van der Waals surface area (Å²) in [6.07, 6.45) is 0.216. The summed E-state index contributed by atoms with van der Waals surface area (Å²) in [4.78, 5) is 34.9. The zero-order valence-electron chi connectivity index (χ0n) is 14.1. The number of carboxylic acids is 1. The second kappa shape index (κ2) is 7.52. The largest absolute Gasteiger partial charge is 0.476 e.